The summed E-state index contributed by atoms with van der Waals surface area (Å²) in [6, 6.07) is 22.5. The zero-order chi connectivity index (χ0) is 24.0. The second-order valence-corrected chi connectivity index (χ2v) is 9.76. The quantitative estimate of drug-likeness (QED) is 0.288. The lowest BCUT2D eigenvalue weighted by atomic mass is 10.2. The number of halogens is 1. The predicted molar refractivity (Wildman–Crippen MR) is 141 cm³/mol. The van der Waals surface area contributed by atoms with E-state index in [1.54, 1.807) is 11.0 Å². The highest BCUT2D eigenvalue weighted by Crippen LogP contribution is 2.32. The lowest BCUT2D eigenvalue weighted by Gasteiger charge is -2.27. The number of anilines is 1. The molecular weight excluding hydrogens is 482 g/mol. The van der Waals surface area contributed by atoms with E-state index in [0.29, 0.717) is 28.0 Å². The molecule has 4 aromatic rings. The summed E-state index contributed by atoms with van der Waals surface area (Å²) in [6.07, 6.45) is 0.836. The van der Waals surface area contributed by atoms with Gasteiger partial charge in [-0.1, -0.05) is 47.2 Å². The Morgan fingerprint density at radius 1 is 1.03 bits per heavy atom. The highest BCUT2D eigenvalue weighted by Gasteiger charge is 2.22. The molecule has 1 aliphatic rings. The molecule has 6 nitrogen and oxygen atoms in total. The van der Waals surface area contributed by atoms with Crippen LogP contribution in [-0.4, -0.2) is 55.2 Å². The first-order valence-corrected chi connectivity index (χ1v) is 12.9. The third-order valence-corrected chi connectivity index (χ3v) is 7.11. The summed E-state index contributed by atoms with van der Waals surface area (Å²) in [6.45, 7) is 4.83. The van der Waals surface area contributed by atoms with Crippen LogP contribution in [0.15, 0.2) is 72.8 Å². The molecule has 1 saturated heterocycles. The van der Waals surface area contributed by atoms with Crippen molar-refractivity contribution in [1.82, 2.24) is 9.88 Å². The lowest BCUT2D eigenvalue weighted by molar-refractivity contribution is 0.0376. The average Bonchev–Trinajstić information content (AvgIpc) is 3.30. The van der Waals surface area contributed by atoms with Crippen LogP contribution in [0.5, 0.6) is 11.5 Å². The van der Waals surface area contributed by atoms with Crippen molar-refractivity contribution in [3.63, 3.8) is 0 Å². The molecule has 3 aromatic carbocycles. The summed E-state index contributed by atoms with van der Waals surface area (Å²) < 4.78 is 12.4. The minimum absolute atomic E-state index is 0.101. The number of fused-ring (bicyclic) bond motifs is 1. The lowest BCUT2D eigenvalue weighted by Crippen LogP contribution is -2.39. The van der Waals surface area contributed by atoms with E-state index in [2.05, 4.69) is 4.90 Å². The number of amides is 1. The van der Waals surface area contributed by atoms with Crippen LogP contribution in [0.3, 0.4) is 0 Å². The molecule has 0 bridgehead atoms. The second kappa shape index (κ2) is 11.2. The van der Waals surface area contributed by atoms with Gasteiger partial charge >= 0.3 is 0 Å². The van der Waals surface area contributed by atoms with E-state index in [4.69, 9.17) is 26.1 Å². The summed E-state index contributed by atoms with van der Waals surface area (Å²) in [4.78, 5) is 22.7. The van der Waals surface area contributed by atoms with Gasteiger partial charge in [0.25, 0.3) is 5.91 Å². The minimum Gasteiger partial charge on any atom is -0.457 e. The van der Waals surface area contributed by atoms with Gasteiger partial charge in [0.15, 0.2) is 5.13 Å². The van der Waals surface area contributed by atoms with E-state index in [1.807, 2.05) is 66.7 Å². The first kappa shape index (κ1) is 23.8. The molecule has 0 unspecified atom stereocenters. The van der Waals surface area contributed by atoms with E-state index >= 15 is 0 Å². The highest BCUT2D eigenvalue weighted by molar-refractivity contribution is 7.22. The maximum atomic E-state index is 13.8. The number of morpholine rings is 1. The third kappa shape index (κ3) is 6.00. The van der Waals surface area contributed by atoms with Crippen LogP contribution in [0.4, 0.5) is 5.13 Å². The number of carbonyl (C=O) groups excluding carboxylic acids is 1. The Kier molecular flexibility index (Phi) is 7.59. The number of hydrogen-bond acceptors (Lipinski definition) is 6. The molecule has 5 rings (SSSR count). The average molecular weight is 508 g/mol. The van der Waals surface area contributed by atoms with E-state index < -0.39 is 0 Å². The maximum absolute atomic E-state index is 13.8. The monoisotopic (exact) mass is 507 g/mol. The van der Waals surface area contributed by atoms with Crippen molar-refractivity contribution in [1.29, 1.82) is 0 Å². The number of carbonyl (C=O) groups is 1. The number of nitrogens with zero attached hydrogens (tertiary/aromatic N) is 3. The predicted octanol–water partition coefficient (Wildman–Crippen LogP) is 6.11. The van der Waals surface area contributed by atoms with E-state index in [9.17, 15) is 4.79 Å². The van der Waals surface area contributed by atoms with Crippen LogP contribution < -0.4 is 9.64 Å². The van der Waals surface area contributed by atoms with Crippen LogP contribution in [0.25, 0.3) is 10.2 Å². The Morgan fingerprint density at radius 3 is 2.66 bits per heavy atom. The summed E-state index contributed by atoms with van der Waals surface area (Å²) >= 11 is 7.67. The summed E-state index contributed by atoms with van der Waals surface area (Å²) in [7, 11) is 0. The van der Waals surface area contributed by atoms with Gasteiger partial charge in [0.2, 0.25) is 0 Å². The molecule has 0 aliphatic carbocycles. The van der Waals surface area contributed by atoms with Gasteiger partial charge < -0.3 is 9.47 Å². The molecule has 35 heavy (non-hydrogen) atoms. The molecule has 8 heteroatoms. The maximum Gasteiger partial charge on any atom is 0.260 e. The molecule has 0 saturated carbocycles. The highest BCUT2D eigenvalue weighted by atomic mass is 35.5. The number of hydrogen-bond donors (Lipinski definition) is 0. The normalized spacial score (nSPS) is 14.2. The van der Waals surface area contributed by atoms with Gasteiger partial charge in [-0.15, -0.1) is 0 Å². The van der Waals surface area contributed by atoms with Crippen molar-refractivity contribution in [3.8, 4) is 11.5 Å². The fourth-order valence-electron chi connectivity index (χ4n) is 4.04. The van der Waals surface area contributed by atoms with Gasteiger partial charge in [-0.3, -0.25) is 14.6 Å². The summed E-state index contributed by atoms with van der Waals surface area (Å²) in [5.74, 6) is 1.24. The van der Waals surface area contributed by atoms with Crippen molar-refractivity contribution < 1.29 is 14.3 Å². The van der Waals surface area contributed by atoms with Crippen LogP contribution in [0, 0.1) is 0 Å². The first-order valence-electron chi connectivity index (χ1n) is 11.7. The topological polar surface area (TPSA) is 54.9 Å². The van der Waals surface area contributed by atoms with Gasteiger partial charge in [-0.25, -0.2) is 4.98 Å². The SMILES string of the molecule is O=C(c1cccc(Oc2ccccc2)c1)N(CCCN1CCOCC1)c1nc2ccc(Cl)cc2s1. The molecule has 180 valence electrons. The fourth-order valence-corrected chi connectivity index (χ4v) is 5.30. The molecule has 0 N–H and O–H groups in total. The van der Waals surface area contributed by atoms with E-state index in [0.717, 1.165) is 55.2 Å². The van der Waals surface area contributed by atoms with Gasteiger partial charge in [0.1, 0.15) is 11.5 Å². The molecule has 2 heterocycles. The summed E-state index contributed by atoms with van der Waals surface area (Å²) in [5, 5.41) is 1.33. The number of thiazole rings is 1. The first-order chi connectivity index (χ1) is 17.2. The molecule has 1 fully saturated rings. The smallest absolute Gasteiger partial charge is 0.260 e. The zero-order valence-electron chi connectivity index (χ0n) is 19.2. The Bertz CT molecular complexity index is 1290. The molecule has 0 spiro atoms. The number of para-hydroxylation sites is 1. The van der Waals surface area contributed by atoms with E-state index in [-0.39, 0.29) is 5.91 Å². The van der Waals surface area contributed by atoms with Crippen molar-refractivity contribution in [2.75, 3.05) is 44.3 Å². The van der Waals surface area contributed by atoms with Gasteiger partial charge in [0, 0.05) is 36.8 Å². The zero-order valence-corrected chi connectivity index (χ0v) is 20.8. The molecule has 1 aromatic heterocycles. The molecule has 0 radical (unpaired) electrons. The van der Waals surface area contributed by atoms with Crippen molar-refractivity contribution in [2.45, 2.75) is 6.42 Å². The standard InChI is InChI=1S/C27H26ClN3O3S/c28-21-10-11-24-25(19-21)35-27(29-24)31(13-5-12-30-14-16-33-17-15-30)26(32)20-6-4-9-23(18-20)34-22-7-2-1-3-8-22/h1-4,6-11,18-19H,5,12-17H2. The van der Waals surface area contributed by atoms with Crippen LogP contribution >= 0.6 is 22.9 Å². The molecule has 1 amide bonds. The van der Waals surface area contributed by atoms with Gasteiger partial charge in [-0.2, -0.15) is 0 Å². The fraction of sp³-hybridized carbons (Fsp3) is 0.259. The van der Waals surface area contributed by atoms with Gasteiger partial charge in [0.05, 0.1) is 23.4 Å². The number of ether oxygens (including phenoxy) is 2. The Labute approximate surface area is 213 Å². The number of benzene rings is 3. The molecule has 1 aliphatic heterocycles. The number of rotatable bonds is 8. The van der Waals surface area contributed by atoms with Crippen molar-refractivity contribution in [2.24, 2.45) is 0 Å². The molecular formula is C27H26ClN3O3S. The largest absolute Gasteiger partial charge is 0.457 e. The third-order valence-electron chi connectivity index (χ3n) is 5.83. The van der Waals surface area contributed by atoms with Gasteiger partial charge in [-0.05, 0) is 55.0 Å². The van der Waals surface area contributed by atoms with Crippen molar-refractivity contribution in [3.05, 3.63) is 83.4 Å². The Hall–Kier alpha value is -2.97. The molecule has 0 atom stereocenters. The Balaban J connectivity index is 1.38. The second-order valence-electron chi connectivity index (χ2n) is 8.32. The van der Waals surface area contributed by atoms with Crippen LogP contribution in [-0.2, 0) is 4.74 Å². The minimum atomic E-state index is -0.101. The van der Waals surface area contributed by atoms with Crippen LogP contribution in [0.1, 0.15) is 16.8 Å². The number of aromatic nitrogens is 1. The summed E-state index contributed by atoms with van der Waals surface area (Å²) in [5.41, 5.74) is 1.39. The van der Waals surface area contributed by atoms with Crippen LogP contribution in [0.2, 0.25) is 5.02 Å². The Morgan fingerprint density at radius 2 is 1.83 bits per heavy atom. The van der Waals surface area contributed by atoms with E-state index in [1.165, 1.54) is 11.3 Å². The van der Waals surface area contributed by atoms with Crippen molar-refractivity contribution >= 4 is 44.2 Å².